The van der Waals surface area contributed by atoms with Crippen molar-refractivity contribution in [1.82, 2.24) is 0 Å². The summed E-state index contributed by atoms with van der Waals surface area (Å²) in [5.74, 6) is 1.86. The molecule has 0 saturated carbocycles. The SMILES string of the molecule is CC1(C)c2ccccc2-c2c(N(c3ccc(-c4ccccc4)cc3)c3ccc(-c4ccc5c(c4)C4(c6ccccc6-5)c5ccc6ccccc6c5Oc5c4ccc4ccccc54)cc3)cccc21. The van der Waals surface area contributed by atoms with Gasteiger partial charge in [0.15, 0.2) is 0 Å². The van der Waals surface area contributed by atoms with E-state index in [0.29, 0.717) is 0 Å². The largest absolute Gasteiger partial charge is 0.455 e. The molecule has 0 atom stereocenters. The fraction of sp³-hybridized carbons (Fsp3) is 0.0606. The van der Waals surface area contributed by atoms with Crippen molar-refractivity contribution in [3.05, 3.63) is 270 Å². The van der Waals surface area contributed by atoms with E-state index in [1.807, 2.05) is 0 Å². The molecule has 1 heterocycles. The van der Waals surface area contributed by atoms with Crippen molar-refractivity contribution in [1.29, 1.82) is 0 Å². The highest BCUT2D eigenvalue weighted by atomic mass is 16.5. The lowest BCUT2D eigenvalue weighted by atomic mass is 9.65. The van der Waals surface area contributed by atoms with Gasteiger partial charge >= 0.3 is 0 Å². The Bertz CT molecular complexity index is 3760. The normalized spacial score (nSPS) is 14.1. The molecule has 0 bridgehead atoms. The number of anilines is 3. The molecule has 2 aliphatic carbocycles. The Morgan fingerprint density at radius 2 is 0.838 bits per heavy atom. The average molecular weight is 868 g/mol. The highest BCUT2D eigenvalue weighted by Crippen LogP contribution is 2.64. The lowest BCUT2D eigenvalue weighted by Crippen LogP contribution is -2.32. The minimum atomic E-state index is -0.612. The summed E-state index contributed by atoms with van der Waals surface area (Å²) in [6.07, 6.45) is 0. The molecule has 0 aromatic heterocycles. The van der Waals surface area contributed by atoms with Crippen LogP contribution in [0.4, 0.5) is 17.1 Å². The zero-order valence-corrected chi connectivity index (χ0v) is 37.9. The summed E-state index contributed by atoms with van der Waals surface area (Å²) in [5, 5.41) is 4.58. The van der Waals surface area contributed by atoms with E-state index in [1.54, 1.807) is 0 Å². The number of nitrogens with zero attached hydrogens (tertiary/aromatic N) is 1. The smallest absolute Gasteiger partial charge is 0.140 e. The van der Waals surface area contributed by atoms with Gasteiger partial charge in [0, 0.05) is 44.3 Å². The molecule has 0 fully saturated rings. The van der Waals surface area contributed by atoms with E-state index in [9.17, 15) is 0 Å². The van der Waals surface area contributed by atoms with Crippen LogP contribution in [-0.2, 0) is 10.8 Å². The zero-order chi connectivity index (χ0) is 45.1. The second-order valence-corrected chi connectivity index (χ2v) is 19.2. The van der Waals surface area contributed by atoms with Crippen molar-refractivity contribution in [3.63, 3.8) is 0 Å². The number of ether oxygens (including phenoxy) is 1. The van der Waals surface area contributed by atoms with Crippen molar-refractivity contribution in [2.45, 2.75) is 24.7 Å². The van der Waals surface area contributed by atoms with Gasteiger partial charge in [0.2, 0.25) is 0 Å². The number of fused-ring (bicyclic) bond motifs is 16. The van der Waals surface area contributed by atoms with Crippen LogP contribution in [0.5, 0.6) is 11.5 Å². The Balaban J connectivity index is 0.949. The molecular formula is C66H45NO. The van der Waals surface area contributed by atoms with Gasteiger partial charge in [-0.3, -0.25) is 0 Å². The summed E-state index contributed by atoms with van der Waals surface area (Å²) in [6, 6.07) is 87.4. The molecular weight excluding hydrogens is 823 g/mol. The number of rotatable bonds is 5. The maximum absolute atomic E-state index is 7.23. The van der Waals surface area contributed by atoms with Gasteiger partial charge in [0.1, 0.15) is 11.5 Å². The van der Waals surface area contributed by atoms with E-state index >= 15 is 0 Å². The van der Waals surface area contributed by atoms with E-state index in [-0.39, 0.29) is 5.41 Å². The van der Waals surface area contributed by atoms with Crippen LogP contribution in [0.3, 0.4) is 0 Å². The monoisotopic (exact) mass is 867 g/mol. The van der Waals surface area contributed by atoms with Crippen molar-refractivity contribution < 1.29 is 4.74 Å². The number of hydrogen-bond donors (Lipinski definition) is 0. The van der Waals surface area contributed by atoms with E-state index in [0.717, 1.165) is 39.2 Å². The van der Waals surface area contributed by atoms with E-state index in [1.165, 1.54) is 88.8 Å². The first-order chi connectivity index (χ1) is 33.5. The van der Waals surface area contributed by atoms with Crippen LogP contribution in [0.2, 0.25) is 0 Å². The highest BCUT2D eigenvalue weighted by molar-refractivity contribution is 6.01. The maximum atomic E-state index is 7.23. The third kappa shape index (κ3) is 5.40. The second-order valence-electron chi connectivity index (χ2n) is 19.2. The van der Waals surface area contributed by atoms with Crippen LogP contribution < -0.4 is 9.64 Å². The van der Waals surface area contributed by atoms with Crippen LogP contribution in [0.15, 0.2) is 237 Å². The van der Waals surface area contributed by atoms with Gasteiger partial charge in [0.05, 0.1) is 11.1 Å². The van der Waals surface area contributed by atoms with Crippen molar-refractivity contribution in [2.24, 2.45) is 0 Å². The Morgan fingerprint density at radius 3 is 1.50 bits per heavy atom. The summed E-state index contributed by atoms with van der Waals surface area (Å²) in [5.41, 5.74) is 20.1. The van der Waals surface area contributed by atoms with Crippen molar-refractivity contribution in [2.75, 3.05) is 4.90 Å². The van der Waals surface area contributed by atoms with Gasteiger partial charge in [-0.05, 0) is 108 Å². The number of benzene rings is 11. The Kier molecular flexibility index (Phi) is 8.28. The highest BCUT2D eigenvalue weighted by Gasteiger charge is 2.52. The molecule has 0 N–H and O–H groups in total. The first kappa shape index (κ1) is 38.8. The average Bonchev–Trinajstić information content (AvgIpc) is 3.82. The van der Waals surface area contributed by atoms with Crippen molar-refractivity contribution in [3.8, 4) is 56.0 Å². The van der Waals surface area contributed by atoms with E-state index in [2.05, 4.69) is 255 Å². The molecule has 68 heavy (non-hydrogen) atoms. The summed E-state index contributed by atoms with van der Waals surface area (Å²) in [6.45, 7) is 4.72. The molecule has 0 radical (unpaired) electrons. The Morgan fingerprint density at radius 1 is 0.338 bits per heavy atom. The van der Waals surface area contributed by atoms with Crippen LogP contribution >= 0.6 is 0 Å². The molecule has 2 heteroatoms. The van der Waals surface area contributed by atoms with E-state index in [4.69, 9.17) is 4.74 Å². The first-order valence-electron chi connectivity index (χ1n) is 23.7. The van der Waals surface area contributed by atoms with Gasteiger partial charge in [-0.15, -0.1) is 0 Å². The third-order valence-electron chi connectivity index (χ3n) is 15.3. The van der Waals surface area contributed by atoms with Gasteiger partial charge in [-0.25, -0.2) is 0 Å². The quantitative estimate of drug-likeness (QED) is 0.171. The topological polar surface area (TPSA) is 12.5 Å². The predicted molar refractivity (Wildman–Crippen MR) is 282 cm³/mol. The zero-order valence-electron chi connectivity index (χ0n) is 37.9. The number of hydrogen-bond acceptors (Lipinski definition) is 2. The molecule has 0 amide bonds. The maximum Gasteiger partial charge on any atom is 0.140 e. The van der Waals surface area contributed by atoms with E-state index < -0.39 is 5.41 Å². The minimum Gasteiger partial charge on any atom is -0.455 e. The molecule has 14 rings (SSSR count). The Hall–Kier alpha value is -8.46. The molecule has 2 nitrogen and oxygen atoms in total. The predicted octanol–water partition coefficient (Wildman–Crippen LogP) is 17.6. The molecule has 1 spiro atoms. The summed E-state index contributed by atoms with van der Waals surface area (Å²) >= 11 is 0. The summed E-state index contributed by atoms with van der Waals surface area (Å²) in [4.78, 5) is 2.45. The minimum absolute atomic E-state index is 0.120. The van der Waals surface area contributed by atoms with Crippen LogP contribution in [0.25, 0.3) is 66.1 Å². The van der Waals surface area contributed by atoms with Crippen LogP contribution in [0, 0.1) is 0 Å². The molecule has 0 saturated heterocycles. The third-order valence-corrected chi connectivity index (χ3v) is 15.3. The lowest BCUT2D eigenvalue weighted by Gasteiger charge is -2.40. The van der Waals surface area contributed by atoms with Crippen LogP contribution in [-0.4, -0.2) is 0 Å². The van der Waals surface area contributed by atoms with Gasteiger partial charge in [-0.2, -0.15) is 0 Å². The fourth-order valence-electron chi connectivity index (χ4n) is 12.2. The Labute approximate surface area is 397 Å². The first-order valence-corrected chi connectivity index (χ1v) is 23.7. The van der Waals surface area contributed by atoms with Gasteiger partial charge in [-0.1, -0.05) is 214 Å². The van der Waals surface area contributed by atoms with Gasteiger partial charge in [0.25, 0.3) is 0 Å². The molecule has 1 aliphatic heterocycles. The fourth-order valence-corrected chi connectivity index (χ4v) is 12.2. The van der Waals surface area contributed by atoms with Crippen LogP contribution in [0.1, 0.15) is 47.2 Å². The summed E-state index contributed by atoms with van der Waals surface area (Å²) < 4.78 is 7.23. The molecule has 320 valence electrons. The summed E-state index contributed by atoms with van der Waals surface area (Å²) in [7, 11) is 0. The van der Waals surface area contributed by atoms with Crippen molar-refractivity contribution >= 4 is 38.6 Å². The molecule has 11 aromatic carbocycles. The molecule has 3 aliphatic rings. The molecule has 11 aromatic rings. The standard InChI is InChI=1S/C66H45NO/c1-65(2)55-23-12-11-22-54(55)62-57(65)25-14-26-61(62)67(48-34-27-43(28-35-48)42-15-4-3-5-16-42)49-36-29-44(30-37-49)47-31-38-53-52-21-10-13-24-56(52)66(60(53)41-47)58-39-32-45-17-6-8-19-50(45)63(58)68-64-51-20-9-7-18-46(51)33-40-59(64)66/h3-41H,1-2H3. The second kappa shape index (κ2) is 14.5. The lowest BCUT2D eigenvalue weighted by molar-refractivity contribution is 0.447. The molecule has 0 unspecified atom stereocenters. The van der Waals surface area contributed by atoms with Gasteiger partial charge < -0.3 is 9.64 Å².